The maximum Gasteiger partial charge on any atom is 0.150 e. The van der Waals surface area contributed by atoms with Gasteiger partial charge in [0.05, 0.1) is 0 Å². The smallest absolute Gasteiger partial charge is 0.150 e. The lowest BCUT2D eigenvalue weighted by atomic mass is 10.2. The zero-order valence-electron chi connectivity index (χ0n) is 8.20. The quantitative estimate of drug-likeness (QED) is 0.705. The van der Waals surface area contributed by atoms with E-state index in [0.29, 0.717) is 0 Å². The maximum atomic E-state index is 10.1. The summed E-state index contributed by atoms with van der Waals surface area (Å²) < 4.78 is 0. The van der Waals surface area contributed by atoms with Gasteiger partial charge in [0.15, 0.2) is 0 Å². The predicted octanol–water partition coefficient (Wildman–Crippen LogP) is 2.06. The summed E-state index contributed by atoms with van der Waals surface area (Å²) in [5.74, 6) is 0. The second kappa shape index (κ2) is 9.23. The van der Waals surface area contributed by atoms with Crippen LogP contribution in [0, 0.1) is 6.92 Å². The summed E-state index contributed by atoms with van der Waals surface area (Å²) in [4.78, 5) is 10.1. The first kappa shape index (κ1) is 14.7. The van der Waals surface area contributed by atoms with Crippen molar-refractivity contribution in [2.24, 2.45) is 0 Å². The highest BCUT2D eigenvalue weighted by Gasteiger charge is 1.85. The monoisotopic (exact) mass is 201 g/mol. The summed E-state index contributed by atoms with van der Waals surface area (Å²) in [6, 6.07) is 7.46. The summed E-state index contributed by atoms with van der Waals surface area (Å²) in [6.07, 6.45) is 0.847. The molecule has 0 saturated heterocycles. The maximum absolute atomic E-state index is 10.1. The Morgan fingerprint density at radius 1 is 1.15 bits per heavy atom. The van der Waals surface area contributed by atoms with E-state index in [1.807, 2.05) is 45.3 Å². The molecule has 2 nitrogen and oxygen atoms in total. The van der Waals surface area contributed by atoms with E-state index in [-0.39, 0.29) is 12.4 Å². The third-order valence-electron chi connectivity index (χ3n) is 1.21. The van der Waals surface area contributed by atoms with Crippen molar-refractivity contribution < 1.29 is 4.79 Å². The lowest BCUT2D eigenvalue weighted by molar-refractivity contribution is 0.112. The number of carbonyl (C=O) groups excluding carboxylic acids is 1. The molecule has 0 bridgehead atoms. The first-order chi connectivity index (χ1) is 5.74. The van der Waals surface area contributed by atoms with Gasteiger partial charge >= 0.3 is 0 Å². The number of hydrogen-bond donors (Lipinski definition) is 1. The van der Waals surface area contributed by atoms with Gasteiger partial charge in [0.1, 0.15) is 6.29 Å². The fraction of sp³-hybridized carbons (Fsp3) is 0.300. The van der Waals surface area contributed by atoms with Crippen molar-refractivity contribution in [3.63, 3.8) is 0 Å². The summed E-state index contributed by atoms with van der Waals surface area (Å²) in [5, 5.41) is 2.75. The van der Waals surface area contributed by atoms with Gasteiger partial charge in [-0.15, -0.1) is 12.4 Å². The minimum atomic E-state index is 0. The molecule has 0 aliphatic rings. The predicted molar refractivity (Wildman–Crippen MR) is 58.8 cm³/mol. The van der Waals surface area contributed by atoms with E-state index in [1.54, 1.807) is 0 Å². The van der Waals surface area contributed by atoms with Crippen LogP contribution in [0.3, 0.4) is 0 Å². The van der Waals surface area contributed by atoms with Crippen molar-refractivity contribution in [1.82, 2.24) is 5.32 Å². The standard InChI is InChI=1S/C8H8O.C2H7N.ClH/c1-7-2-4-8(6-9)5-3-7;1-3-2;/h2-6H,1H3;3H,1-2H3;1H. The van der Waals surface area contributed by atoms with E-state index in [2.05, 4.69) is 5.32 Å². The molecule has 0 radical (unpaired) electrons. The van der Waals surface area contributed by atoms with Crippen molar-refractivity contribution in [3.05, 3.63) is 35.4 Å². The first-order valence-electron chi connectivity index (χ1n) is 3.85. The molecule has 13 heavy (non-hydrogen) atoms. The highest BCUT2D eigenvalue weighted by atomic mass is 35.5. The highest BCUT2D eigenvalue weighted by molar-refractivity contribution is 5.85. The highest BCUT2D eigenvalue weighted by Crippen LogP contribution is 1.98. The number of hydrogen-bond acceptors (Lipinski definition) is 2. The lowest BCUT2D eigenvalue weighted by Crippen LogP contribution is -1.89. The third kappa shape index (κ3) is 7.50. The minimum Gasteiger partial charge on any atom is -0.323 e. The second-order valence-electron chi connectivity index (χ2n) is 2.53. The van der Waals surface area contributed by atoms with Crippen molar-refractivity contribution in [2.75, 3.05) is 14.1 Å². The third-order valence-corrected chi connectivity index (χ3v) is 1.21. The van der Waals surface area contributed by atoms with Gasteiger partial charge in [0, 0.05) is 5.56 Å². The summed E-state index contributed by atoms with van der Waals surface area (Å²) in [5.41, 5.74) is 1.92. The van der Waals surface area contributed by atoms with Crippen LogP contribution in [-0.4, -0.2) is 20.4 Å². The lowest BCUT2D eigenvalue weighted by Gasteiger charge is -1.89. The van der Waals surface area contributed by atoms with E-state index in [9.17, 15) is 4.79 Å². The van der Waals surface area contributed by atoms with Crippen LogP contribution in [0.4, 0.5) is 0 Å². The van der Waals surface area contributed by atoms with Gasteiger partial charge in [-0.3, -0.25) is 4.79 Å². The molecule has 0 aromatic heterocycles. The van der Waals surface area contributed by atoms with Crippen molar-refractivity contribution >= 4 is 18.7 Å². The Bertz CT molecular complexity index is 221. The molecule has 1 aromatic rings. The van der Waals surface area contributed by atoms with Crippen LogP contribution < -0.4 is 5.32 Å². The largest absolute Gasteiger partial charge is 0.323 e. The van der Waals surface area contributed by atoms with Crippen molar-refractivity contribution in [1.29, 1.82) is 0 Å². The molecule has 1 aromatic carbocycles. The molecule has 0 saturated carbocycles. The number of nitrogens with one attached hydrogen (secondary N) is 1. The molecule has 0 spiro atoms. The number of benzene rings is 1. The van der Waals surface area contributed by atoms with E-state index in [0.717, 1.165) is 11.8 Å². The van der Waals surface area contributed by atoms with Crippen LogP contribution in [0.15, 0.2) is 24.3 Å². The van der Waals surface area contributed by atoms with E-state index >= 15 is 0 Å². The van der Waals surface area contributed by atoms with Crippen LogP contribution in [0.1, 0.15) is 15.9 Å². The van der Waals surface area contributed by atoms with Crippen LogP contribution in [0.5, 0.6) is 0 Å². The summed E-state index contributed by atoms with van der Waals surface area (Å²) >= 11 is 0. The van der Waals surface area contributed by atoms with E-state index < -0.39 is 0 Å². The molecule has 0 aliphatic carbocycles. The first-order valence-corrected chi connectivity index (χ1v) is 3.85. The Kier molecular flexibility index (Phi) is 10.4. The van der Waals surface area contributed by atoms with Crippen LogP contribution in [0.2, 0.25) is 0 Å². The van der Waals surface area contributed by atoms with Crippen molar-refractivity contribution in [2.45, 2.75) is 6.92 Å². The molecule has 0 aliphatic heterocycles. The van der Waals surface area contributed by atoms with Crippen LogP contribution in [-0.2, 0) is 0 Å². The summed E-state index contributed by atoms with van der Waals surface area (Å²) in [6.45, 7) is 1.99. The minimum absolute atomic E-state index is 0. The van der Waals surface area contributed by atoms with Gasteiger partial charge in [0.2, 0.25) is 0 Å². The Morgan fingerprint density at radius 2 is 1.54 bits per heavy atom. The Labute approximate surface area is 85.8 Å². The fourth-order valence-electron chi connectivity index (χ4n) is 0.645. The van der Waals surface area contributed by atoms with Gasteiger partial charge in [-0.05, 0) is 21.0 Å². The van der Waals surface area contributed by atoms with Gasteiger partial charge in [-0.25, -0.2) is 0 Å². The van der Waals surface area contributed by atoms with Gasteiger partial charge in [-0.2, -0.15) is 0 Å². The fourth-order valence-corrected chi connectivity index (χ4v) is 0.645. The average Bonchev–Trinajstić information content (AvgIpc) is 2.07. The number of aryl methyl sites for hydroxylation is 1. The normalized spacial score (nSPS) is 7.62. The van der Waals surface area contributed by atoms with Crippen LogP contribution >= 0.6 is 12.4 Å². The summed E-state index contributed by atoms with van der Waals surface area (Å²) in [7, 11) is 3.75. The zero-order chi connectivity index (χ0) is 9.40. The number of halogens is 1. The molecule has 74 valence electrons. The number of aldehydes is 1. The Morgan fingerprint density at radius 3 is 1.85 bits per heavy atom. The molecule has 0 heterocycles. The molecule has 0 fully saturated rings. The van der Waals surface area contributed by atoms with E-state index in [1.165, 1.54) is 5.56 Å². The average molecular weight is 202 g/mol. The van der Waals surface area contributed by atoms with Crippen LogP contribution in [0.25, 0.3) is 0 Å². The zero-order valence-corrected chi connectivity index (χ0v) is 9.02. The Hall–Kier alpha value is -0.860. The second-order valence-corrected chi connectivity index (χ2v) is 2.53. The topological polar surface area (TPSA) is 29.1 Å². The molecule has 0 amide bonds. The molecular formula is C10H16ClNO. The molecular weight excluding hydrogens is 186 g/mol. The number of rotatable bonds is 1. The molecule has 1 rings (SSSR count). The number of carbonyl (C=O) groups is 1. The van der Waals surface area contributed by atoms with Gasteiger partial charge in [-0.1, -0.05) is 29.8 Å². The SMILES string of the molecule is CNC.Cc1ccc(C=O)cc1.Cl. The Balaban J connectivity index is 0. The molecule has 1 N–H and O–H groups in total. The molecule has 0 atom stereocenters. The van der Waals surface area contributed by atoms with Gasteiger partial charge < -0.3 is 5.32 Å². The molecule has 0 unspecified atom stereocenters. The molecule has 3 heteroatoms. The van der Waals surface area contributed by atoms with Crippen molar-refractivity contribution in [3.8, 4) is 0 Å². The van der Waals surface area contributed by atoms with Gasteiger partial charge in [0.25, 0.3) is 0 Å². The van der Waals surface area contributed by atoms with E-state index in [4.69, 9.17) is 0 Å².